The third-order valence-electron chi connectivity index (χ3n) is 3.44. The Bertz CT molecular complexity index is 603. The Morgan fingerprint density at radius 1 is 1.45 bits per heavy atom. The van der Waals surface area contributed by atoms with Crippen molar-refractivity contribution in [3.63, 3.8) is 0 Å². The van der Waals surface area contributed by atoms with Gasteiger partial charge in [0.2, 0.25) is 0 Å². The number of nitro benzene ring substituents is 1. The molecule has 22 heavy (non-hydrogen) atoms. The number of nitrogens with zero attached hydrogens (tertiary/aromatic N) is 1. The first-order valence-electron chi connectivity index (χ1n) is 6.87. The lowest BCUT2D eigenvalue weighted by Gasteiger charge is -2.07. The summed E-state index contributed by atoms with van der Waals surface area (Å²) in [4.78, 5) is 21.2. The quantitative estimate of drug-likeness (QED) is 0.362. The molecule has 0 spiro atoms. The molecule has 1 aliphatic rings. The SMILES string of the molecule is COC(=O)/C=C/C[C@H]1COC/C1=C\c1ccc([N+](=O)[O-])cc1. The van der Waals surface area contributed by atoms with Crippen LogP contribution >= 0.6 is 0 Å². The summed E-state index contributed by atoms with van der Waals surface area (Å²) in [6.45, 7) is 1.14. The van der Waals surface area contributed by atoms with E-state index in [0.29, 0.717) is 19.6 Å². The first kappa shape index (κ1) is 15.9. The highest BCUT2D eigenvalue weighted by Gasteiger charge is 2.20. The summed E-state index contributed by atoms with van der Waals surface area (Å²) in [5.74, 6) is -0.170. The zero-order valence-corrected chi connectivity index (χ0v) is 12.2. The third kappa shape index (κ3) is 4.26. The average Bonchev–Trinajstić information content (AvgIpc) is 2.95. The van der Waals surface area contributed by atoms with Gasteiger partial charge in [0.25, 0.3) is 5.69 Å². The van der Waals surface area contributed by atoms with Crippen molar-refractivity contribution in [3.05, 3.63) is 57.7 Å². The zero-order chi connectivity index (χ0) is 15.9. The molecule has 1 aliphatic heterocycles. The van der Waals surface area contributed by atoms with Crippen LogP contribution in [0.1, 0.15) is 12.0 Å². The molecule has 6 nitrogen and oxygen atoms in total. The topological polar surface area (TPSA) is 78.7 Å². The van der Waals surface area contributed by atoms with E-state index in [9.17, 15) is 14.9 Å². The van der Waals surface area contributed by atoms with E-state index in [1.807, 2.05) is 6.08 Å². The van der Waals surface area contributed by atoms with Gasteiger partial charge in [-0.05, 0) is 29.7 Å². The standard InChI is InChI=1S/C16H17NO5/c1-21-16(18)4-2-3-13-10-22-11-14(13)9-12-5-7-15(8-6-12)17(19)20/h2,4-9,13H,3,10-11H2,1H3/b4-2+,14-9+/t13-/m0/s1. The number of carbonyl (C=O) groups excluding carboxylic acids is 1. The van der Waals surface area contributed by atoms with Gasteiger partial charge in [0, 0.05) is 24.1 Å². The zero-order valence-electron chi connectivity index (χ0n) is 12.2. The van der Waals surface area contributed by atoms with Gasteiger partial charge in [0.15, 0.2) is 0 Å². The van der Waals surface area contributed by atoms with E-state index < -0.39 is 4.92 Å². The first-order valence-corrected chi connectivity index (χ1v) is 6.87. The molecular weight excluding hydrogens is 286 g/mol. The normalized spacial score (nSPS) is 19.7. The van der Waals surface area contributed by atoms with E-state index in [2.05, 4.69) is 4.74 Å². The molecule has 0 bridgehead atoms. The van der Waals surface area contributed by atoms with Crippen LogP contribution in [0, 0.1) is 16.0 Å². The maximum atomic E-state index is 11.0. The lowest BCUT2D eigenvalue weighted by Crippen LogP contribution is -2.01. The fourth-order valence-corrected chi connectivity index (χ4v) is 2.23. The second kappa shape index (κ2) is 7.51. The minimum absolute atomic E-state index is 0.0717. The molecule has 1 fully saturated rings. The summed E-state index contributed by atoms with van der Waals surface area (Å²) in [6.07, 6.45) is 5.85. The fraction of sp³-hybridized carbons (Fsp3) is 0.312. The van der Waals surface area contributed by atoms with E-state index in [-0.39, 0.29) is 17.6 Å². The van der Waals surface area contributed by atoms with E-state index in [1.54, 1.807) is 18.2 Å². The minimum atomic E-state index is -0.421. The van der Waals surface area contributed by atoms with Gasteiger partial charge >= 0.3 is 5.97 Å². The molecule has 1 saturated heterocycles. The van der Waals surface area contributed by atoms with E-state index >= 15 is 0 Å². The molecule has 0 aromatic heterocycles. The number of carbonyl (C=O) groups is 1. The summed E-state index contributed by atoms with van der Waals surface area (Å²) in [5, 5.41) is 10.6. The summed E-state index contributed by atoms with van der Waals surface area (Å²) >= 11 is 0. The molecule has 1 aromatic rings. The predicted octanol–water partition coefficient (Wildman–Crippen LogP) is 2.74. The van der Waals surface area contributed by atoms with Gasteiger partial charge in [0.1, 0.15) is 0 Å². The number of hydrogen-bond donors (Lipinski definition) is 0. The Morgan fingerprint density at radius 2 is 2.18 bits per heavy atom. The van der Waals surface area contributed by atoms with Gasteiger partial charge in [-0.1, -0.05) is 12.2 Å². The molecule has 1 heterocycles. The Hall–Kier alpha value is -2.47. The van der Waals surface area contributed by atoms with Gasteiger partial charge in [-0.3, -0.25) is 10.1 Å². The maximum absolute atomic E-state index is 11.0. The van der Waals surface area contributed by atoms with Gasteiger partial charge in [0.05, 0.1) is 25.2 Å². The van der Waals surface area contributed by atoms with Crippen LogP contribution in [0.3, 0.4) is 0 Å². The molecular formula is C16H17NO5. The van der Waals surface area contributed by atoms with Crippen LogP contribution in [0.4, 0.5) is 5.69 Å². The third-order valence-corrected chi connectivity index (χ3v) is 3.44. The highest BCUT2D eigenvalue weighted by atomic mass is 16.6. The number of rotatable bonds is 5. The van der Waals surface area contributed by atoms with Crippen LogP contribution in [-0.2, 0) is 14.3 Å². The van der Waals surface area contributed by atoms with Crippen molar-refractivity contribution in [2.45, 2.75) is 6.42 Å². The molecule has 1 aromatic carbocycles. The Kier molecular flexibility index (Phi) is 5.43. The summed E-state index contributed by atoms with van der Waals surface area (Å²) < 4.78 is 10.0. The van der Waals surface area contributed by atoms with Crippen molar-refractivity contribution >= 4 is 17.7 Å². The molecule has 0 amide bonds. The van der Waals surface area contributed by atoms with Crippen molar-refractivity contribution < 1.29 is 19.2 Å². The van der Waals surface area contributed by atoms with Crippen LogP contribution in [0.15, 0.2) is 42.0 Å². The highest BCUT2D eigenvalue weighted by molar-refractivity contribution is 5.81. The highest BCUT2D eigenvalue weighted by Crippen LogP contribution is 2.26. The van der Waals surface area contributed by atoms with E-state index in [4.69, 9.17) is 4.74 Å². The average molecular weight is 303 g/mol. The van der Waals surface area contributed by atoms with Crippen LogP contribution < -0.4 is 0 Å². The molecule has 6 heteroatoms. The van der Waals surface area contributed by atoms with Gasteiger partial charge in [-0.15, -0.1) is 0 Å². The number of nitro groups is 1. The molecule has 0 N–H and O–H groups in total. The molecule has 0 radical (unpaired) electrons. The fourth-order valence-electron chi connectivity index (χ4n) is 2.23. The first-order chi connectivity index (χ1) is 10.6. The van der Waals surface area contributed by atoms with Crippen molar-refractivity contribution in [1.82, 2.24) is 0 Å². The van der Waals surface area contributed by atoms with E-state index in [1.165, 1.54) is 25.3 Å². The van der Waals surface area contributed by atoms with Crippen molar-refractivity contribution in [2.24, 2.45) is 5.92 Å². The molecule has 116 valence electrons. The second-order valence-electron chi connectivity index (χ2n) is 4.94. The van der Waals surface area contributed by atoms with Crippen LogP contribution in [0.5, 0.6) is 0 Å². The maximum Gasteiger partial charge on any atom is 0.330 e. The number of non-ortho nitro benzene ring substituents is 1. The predicted molar refractivity (Wildman–Crippen MR) is 81.2 cm³/mol. The van der Waals surface area contributed by atoms with Gasteiger partial charge in [-0.2, -0.15) is 0 Å². The molecule has 0 saturated carbocycles. The lowest BCUT2D eigenvalue weighted by molar-refractivity contribution is -0.384. The van der Waals surface area contributed by atoms with Crippen LogP contribution in [-0.4, -0.2) is 31.2 Å². The van der Waals surface area contributed by atoms with Crippen molar-refractivity contribution in [1.29, 1.82) is 0 Å². The molecule has 1 atom stereocenters. The van der Waals surface area contributed by atoms with E-state index in [0.717, 1.165) is 11.1 Å². The summed E-state index contributed by atoms with van der Waals surface area (Å²) in [5.41, 5.74) is 2.08. The molecule has 0 aliphatic carbocycles. The number of hydrogen-bond acceptors (Lipinski definition) is 5. The lowest BCUT2D eigenvalue weighted by atomic mass is 9.96. The number of esters is 1. The molecule has 0 unspecified atom stereocenters. The number of benzene rings is 1. The van der Waals surface area contributed by atoms with Gasteiger partial charge in [-0.25, -0.2) is 4.79 Å². The Morgan fingerprint density at radius 3 is 2.82 bits per heavy atom. The molecule has 2 rings (SSSR count). The van der Waals surface area contributed by atoms with Gasteiger partial charge < -0.3 is 9.47 Å². The monoisotopic (exact) mass is 303 g/mol. The summed E-state index contributed by atoms with van der Waals surface area (Å²) in [7, 11) is 1.34. The van der Waals surface area contributed by atoms with Crippen LogP contribution in [0.2, 0.25) is 0 Å². The van der Waals surface area contributed by atoms with Crippen molar-refractivity contribution in [2.75, 3.05) is 20.3 Å². The number of allylic oxidation sites excluding steroid dienone is 1. The smallest absolute Gasteiger partial charge is 0.330 e. The number of ether oxygens (including phenoxy) is 2. The van der Waals surface area contributed by atoms with Crippen LogP contribution in [0.25, 0.3) is 6.08 Å². The summed E-state index contributed by atoms with van der Waals surface area (Å²) in [6, 6.07) is 6.39. The Labute approximate surface area is 128 Å². The minimum Gasteiger partial charge on any atom is -0.466 e. The largest absolute Gasteiger partial charge is 0.466 e. The Balaban J connectivity index is 2.04. The van der Waals surface area contributed by atoms with Crippen molar-refractivity contribution in [3.8, 4) is 0 Å². The number of methoxy groups -OCH3 is 1. The second-order valence-corrected chi connectivity index (χ2v) is 4.94.